The Bertz CT molecular complexity index is 723. The van der Waals surface area contributed by atoms with Crippen LogP contribution < -0.4 is 0 Å². The van der Waals surface area contributed by atoms with Crippen molar-refractivity contribution < 1.29 is 13.5 Å². The van der Waals surface area contributed by atoms with Crippen LogP contribution in [0.15, 0.2) is 58.3 Å². The van der Waals surface area contributed by atoms with E-state index in [0.29, 0.717) is 9.79 Å². The van der Waals surface area contributed by atoms with Gasteiger partial charge < -0.3 is 5.11 Å². The van der Waals surface area contributed by atoms with E-state index in [2.05, 4.69) is 0 Å². The Kier molecular flexibility index (Phi) is 3.03. The zero-order valence-corrected chi connectivity index (χ0v) is 11.6. The third-order valence-electron chi connectivity index (χ3n) is 3.11. The minimum Gasteiger partial charge on any atom is -0.507 e. The fraction of sp³-hybridized carbons (Fsp3) is 0.143. The third-order valence-corrected chi connectivity index (χ3v) is 6.44. The molecule has 98 valence electrons. The van der Waals surface area contributed by atoms with Gasteiger partial charge in [0.15, 0.2) is 9.84 Å². The molecule has 0 radical (unpaired) electrons. The molecular formula is C14H12O3S2. The van der Waals surface area contributed by atoms with Crippen LogP contribution in [0.2, 0.25) is 0 Å². The van der Waals surface area contributed by atoms with Crippen molar-refractivity contribution in [3.63, 3.8) is 0 Å². The van der Waals surface area contributed by atoms with Crippen molar-refractivity contribution in [3.8, 4) is 5.75 Å². The van der Waals surface area contributed by atoms with E-state index in [0.717, 1.165) is 5.56 Å². The van der Waals surface area contributed by atoms with E-state index in [-0.39, 0.29) is 16.8 Å². The summed E-state index contributed by atoms with van der Waals surface area (Å²) in [6.45, 7) is 0. The van der Waals surface area contributed by atoms with Crippen LogP contribution >= 0.6 is 11.8 Å². The standard InChI is InChI=1S/C14H12O3S2/c15-11-6-2-3-7-12(11)18-13-9-19(16,17)14-8-4-1-5-10(13)14/h1-8,13,15H,9H2. The number of benzene rings is 2. The van der Waals surface area contributed by atoms with Crippen molar-refractivity contribution in [1.29, 1.82) is 0 Å². The SMILES string of the molecule is O=S1(=O)CC(Sc2ccccc2O)c2ccccc21. The minimum atomic E-state index is -3.19. The largest absolute Gasteiger partial charge is 0.507 e. The summed E-state index contributed by atoms with van der Waals surface area (Å²) in [6, 6.07) is 14.1. The van der Waals surface area contributed by atoms with E-state index in [9.17, 15) is 13.5 Å². The predicted molar refractivity (Wildman–Crippen MR) is 75.2 cm³/mol. The second kappa shape index (κ2) is 4.58. The van der Waals surface area contributed by atoms with Gasteiger partial charge in [-0.05, 0) is 23.8 Å². The topological polar surface area (TPSA) is 54.4 Å². The van der Waals surface area contributed by atoms with Gasteiger partial charge in [-0.2, -0.15) is 0 Å². The molecule has 5 heteroatoms. The number of phenols is 1. The molecule has 0 amide bonds. The molecule has 1 unspecified atom stereocenters. The van der Waals surface area contributed by atoms with Gasteiger partial charge in [0.2, 0.25) is 0 Å². The summed E-state index contributed by atoms with van der Waals surface area (Å²) in [7, 11) is -3.19. The molecule has 0 saturated heterocycles. The van der Waals surface area contributed by atoms with Crippen molar-refractivity contribution in [2.75, 3.05) is 5.75 Å². The number of sulfone groups is 1. The van der Waals surface area contributed by atoms with E-state index < -0.39 is 9.84 Å². The number of rotatable bonds is 2. The molecule has 0 aromatic heterocycles. The van der Waals surface area contributed by atoms with Gasteiger partial charge in [-0.15, -0.1) is 11.8 Å². The monoisotopic (exact) mass is 292 g/mol. The van der Waals surface area contributed by atoms with Crippen LogP contribution in [0.1, 0.15) is 10.8 Å². The van der Waals surface area contributed by atoms with Gasteiger partial charge in [-0.3, -0.25) is 0 Å². The summed E-state index contributed by atoms with van der Waals surface area (Å²) in [4.78, 5) is 1.13. The van der Waals surface area contributed by atoms with Gasteiger partial charge in [0.1, 0.15) is 5.75 Å². The third kappa shape index (κ3) is 2.24. The molecule has 3 nitrogen and oxygen atoms in total. The molecular weight excluding hydrogens is 280 g/mol. The lowest BCUT2D eigenvalue weighted by Gasteiger charge is -2.10. The van der Waals surface area contributed by atoms with Crippen LogP contribution in [0.3, 0.4) is 0 Å². The molecule has 0 spiro atoms. The van der Waals surface area contributed by atoms with Crippen molar-refractivity contribution in [3.05, 3.63) is 54.1 Å². The Morgan fingerprint density at radius 3 is 2.53 bits per heavy atom. The lowest BCUT2D eigenvalue weighted by Crippen LogP contribution is -2.00. The number of aromatic hydroxyl groups is 1. The maximum atomic E-state index is 12.1. The zero-order chi connectivity index (χ0) is 13.5. The van der Waals surface area contributed by atoms with Crippen LogP contribution in [0, 0.1) is 0 Å². The number of phenolic OH excluding ortho intramolecular Hbond substituents is 1. The molecule has 1 heterocycles. The number of hydrogen-bond acceptors (Lipinski definition) is 4. The van der Waals surface area contributed by atoms with Crippen molar-refractivity contribution in [2.45, 2.75) is 15.0 Å². The molecule has 3 rings (SSSR count). The molecule has 0 aliphatic carbocycles. The minimum absolute atomic E-state index is 0.0886. The maximum Gasteiger partial charge on any atom is 0.180 e. The molecule has 2 aromatic carbocycles. The maximum absolute atomic E-state index is 12.1. The van der Waals surface area contributed by atoms with Crippen LogP contribution in [0.25, 0.3) is 0 Å². The number of para-hydroxylation sites is 1. The smallest absolute Gasteiger partial charge is 0.180 e. The number of fused-ring (bicyclic) bond motifs is 1. The molecule has 1 atom stereocenters. The van der Waals surface area contributed by atoms with E-state index in [1.165, 1.54) is 11.8 Å². The van der Waals surface area contributed by atoms with Gasteiger partial charge in [-0.25, -0.2) is 8.42 Å². The van der Waals surface area contributed by atoms with E-state index >= 15 is 0 Å². The highest BCUT2D eigenvalue weighted by molar-refractivity contribution is 8.01. The van der Waals surface area contributed by atoms with Crippen LogP contribution in [-0.4, -0.2) is 19.3 Å². The lowest BCUT2D eigenvalue weighted by atomic mass is 10.2. The second-order valence-corrected chi connectivity index (χ2v) is 7.64. The molecule has 19 heavy (non-hydrogen) atoms. The Hall–Kier alpha value is -1.46. The average Bonchev–Trinajstić information content (AvgIpc) is 2.65. The molecule has 0 saturated carbocycles. The fourth-order valence-corrected chi connectivity index (χ4v) is 5.70. The molecule has 1 N–H and O–H groups in total. The molecule has 0 bridgehead atoms. The molecule has 0 fully saturated rings. The zero-order valence-electron chi connectivity index (χ0n) is 9.98. The number of hydrogen-bond donors (Lipinski definition) is 1. The Morgan fingerprint density at radius 2 is 1.74 bits per heavy atom. The fourth-order valence-electron chi connectivity index (χ4n) is 2.22. The van der Waals surface area contributed by atoms with E-state index in [1.807, 2.05) is 18.2 Å². The van der Waals surface area contributed by atoms with Gasteiger partial charge in [0, 0.05) is 4.90 Å². The first-order chi connectivity index (χ1) is 9.08. The summed E-state index contributed by atoms with van der Waals surface area (Å²) < 4.78 is 24.1. The van der Waals surface area contributed by atoms with Gasteiger partial charge in [0.25, 0.3) is 0 Å². The highest BCUT2D eigenvalue weighted by Gasteiger charge is 2.35. The van der Waals surface area contributed by atoms with Crippen molar-refractivity contribution >= 4 is 21.6 Å². The number of thioether (sulfide) groups is 1. The summed E-state index contributed by atoms with van der Waals surface area (Å²) in [5.74, 6) is 0.278. The Labute approximate surface area is 116 Å². The first kappa shape index (κ1) is 12.6. The molecule has 2 aromatic rings. The van der Waals surface area contributed by atoms with Gasteiger partial charge in [0.05, 0.1) is 15.9 Å². The molecule has 1 aliphatic rings. The van der Waals surface area contributed by atoms with Crippen LogP contribution in [-0.2, 0) is 9.84 Å². The van der Waals surface area contributed by atoms with Crippen LogP contribution in [0.5, 0.6) is 5.75 Å². The first-order valence-electron chi connectivity index (χ1n) is 5.84. The molecule has 1 aliphatic heterocycles. The van der Waals surface area contributed by atoms with Crippen LogP contribution in [0.4, 0.5) is 0 Å². The predicted octanol–water partition coefficient (Wildman–Crippen LogP) is 3.01. The van der Waals surface area contributed by atoms with Gasteiger partial charge >= 0.3 is 0 Å². The summed E-state index contributed by atoms with van der Waals surface area (Å²) >= 11 is 1.39. The Morgan fingerprint density at radius 1 is 1.05 bits per heavy atom. The quantitative estimate of drug-likeness (QED) is 0.924. The van der Waals surface area contributed by atoms with E-state index in [1.54, 1.807) is 30.3 Å². The summed E-state index contributed by atoms with van der Waals surface area (Å²) in [5.41, 5.74) is 0.829. The van der Waals surface area contributed by atoms with Crippen molar-refractivity contribution in [2.24, 2.45) is 0 Å². The average molecular weight is 292 g/mol. The highest BCUT2D eigenvalue weighted by Crippen LogP contribution is 2.46. The van der Waals surface area contributed by atoms with E-state index in [4.69, 9.17) is 0 Å². The summed E-state index contributed by atoms with van der Waals surface area (Å²) in [5, 5.41) is 9.62. The Balaban J connectivity index is 1.99. The second-order valence-electron chi connectivity index (χ2n) is 4.39. The normalized spacial score (nSPS) is 20.1. The lowest BCUT2D eigenvalue weighted by molar-refractivity contribution is 0.462. The highest BCUT2D eigenvalue weighted by atomic mass is 32.2. The first-order valence-corrected chi connectivity index (χ1v) is 8.37. The summed E-state index contributed by atoms with van der Waals surface area (Å²) in [6.07, 6.45) is 0. The van der Waals surface area contributed by atoms with Crippen molar-refractivity contribution in [1.82, 2.24) is 0 Å². The van der Waals surface area contributed by atoms with Gasteiger partial charge in [-0.1, -0.05) is 30.3 Å².